The topological polar surface area (TPSA) is 23.6 Å². The van der Waals surface area contributed by atoms with Gasteiger partial charge in [0.1, 0.15) is 0 Å². The van der Waals surface area contributed by atoms with E-state index in [0.717, 1.165) is 37.5 Å². The van der Waals surface area contributed by atoms with Crippen LogP contribution in [-0.2, 0) is 4.79 Å². The Balaban J connectivity index is 1.85. The maximum absolute atomic E-state index is 12.0. The van der Waals surface area contributed by atoms with Gasteiger partial charge in [0.15, 0.2) is 0 Å². The van der Waals surface area contributed by atoms with Gasteiger partial charge in [0.05, 0.1) is 0 Å². The van der Waals surface area contributed by atoms with Gasteiger partial charge in [-0.15, -0.1) is 0 Å². The quantitative estimate of drug-likeness (QED) is 0.852. The van der Waals surface area contributed by atoms with Crippen LogP contribution in [0, 0.1) is 5.92 Å². The Morgan fingerprint density at radius 1 is 1.38 bits per heavy atom. The summed E-state index contributed by atoms with van der Waals surface area (Å²) in [5.74, 6) is 0.945. The van der Waals surface area contributed by atoms with Crippen LogP contribution in [0.25, 0.3) is 0 Å². The molecule has 1 heterocycles. The molecule has 21 heavy (non-hydrogen) atoms. The number of amides is 1. The lowest BCUT2D eigenvalue weighted by Gasteiger charge is -2.34. The number of halogens is 1. The van der Waals surface area contributed by atoms with E-state index in [1.165, 1.54) is 5.56 Å². The molecule has 116 valence electrons. The highest BCUT2D eigenvalue weighted by Crippen LogP contribution is 2.24. The molecule has 0 bridgehead atoms. The standard InChI is InChI=1S/C17H25ClN2O/c1-13(15-5-4-6-16(18)11-15)12-20-9-7-14(8-10-20)17(21)19(2)3/h4-6,11,13-14H,7-10,12H2,1-3H3. The summed E-state index contributed by atoms with van der Waals surface area (Å²) in [6, 6.07) is 8.11. The van der Waals surface area contributed by atoms with E-state index in [9.17, 15) is 4.79 Å². The van der Waals surface area contributed by atoms with E-state index < -0.39 is 0 Å². The summed E-state index contributed by atoms with van der Waals surface area (Å²) in [7, 11) is 3.69. The van der Waals surface area contributed by atoms with Gasteiger partial charge >= 0.3 is 0 Å². The minimum absolute atomic E-state index is 0.206. The average Bonchev–Trinajstić information content (AvgIpc) is 2.47. The van der Waals surface area contributed by atoms with Crippen molar-refractivity contribution in [3.8, 4) is 0 Å². The molecule has 0 aromatic heterocycles. The molecule has 3 nitrogen and oxygen atoms in total. The maximum atomic E-state index is 12.0. The Labute approximate surface area is 132 Å². The number of hydrogen-bond acceptors (Lipinski definition) is 2. The van der Waals surface area contributed by atoms with E-state index in [1.807, 2.05) is 26.2 Å². The molecule has 0 spiro atoms. The fraction of sp³-hybridized carbons (Fsp3) is 0.588. The molecule has 1 atom stereocenters. The zero-order valence-electron chi connectivity index (χ0n) is 13.2. The van der Waals surface area contributed by atoms with Gasteiger partial charge in [0, 0.05) is 31.6 Å². The highest BCUT2D eigenvalue weighted by Gasteiger charge is 2.26. The number of piperidine rings is 1. The van der Waals surface area contributed by atoms with Crippen molar-refractivity contribution in [2.75, 3.05) is 33.7 Å². The molecule has 0 radical (unpaired) electrons. The lowest BCUT2D eigenvalue weighted by Crippen LogP contribution is -2.41. The van der Waals surface area contributed by atoms with E-state index in [1.54, 1.807) is 4.90 Å². The van der Waals surface area contributed by atoms with Crippen molar-refractivity contribution in [3.63, 3.8) is 0 Å². The predicted octanol–water partition coefficient (Wildman–Crippen LogP) is 3.24. The fourth-order valence-corrected chi connectivity index (χ4v) is 3.23. The van der Waals surface area contributed by atoms with Crippen LogP contribution in [0.3, 0.4) is 0 Å². The van der Waals surface area contributed by atoms with Gasteiger partial charge in [0.2, 0.25) is 5.91 Å². The van der Waals surface area contributed by atoms with Crippen molar-refractivity contribution in [2.24, 2.45) is 5.92 Å². The number of carbonyl (C=O) groups is 1. The van der Waals surface area contributed by atoms with Crippen LogP contribution in [0.4, 0.5) is 0 Å². The van der Waals surface area contributed by atoms with Crippen LogP contribution in [0.5, 0.6) is 0 Å². The van der Waals surface area contributed by atoms with E-state index >= 15 is 0 Å². The second-order valence-corrected chi connectivity index (χ2v) is 6.70. The van der Waals surface area contributed by atoms with Crippen molar-refractivity contribution in [2.45, 2.75) is 25.7 Å². The van der Waals surface area contributed by atoms with Crippen molar-refractivity contribution in [1.82, 2.24) is 9.80 Å². The van der Waals surface area contributed by atoms with Gasteiger partial charge in [-0.2, -0.15) is 0 Å². The molecule has 1 fully saturated rings. The molecule has 1 unspecified atom stereocenters. The third kappa shape index (κ3) is 4.45. The van der Waals surface area contributed by atoms with Gasteiger partial charge in [-0.25, -0.2) is 0 Å². The first-order valence-electron chi connectivity index (χ1n) is 7.66. The lowest BCUT2D eigenvalue weighted by molar-refractivity contribution is -0.134. The summed E-state index contributed by atoms with van der Waals surface area (Å²) >= 11 is 6.06. The molecule has 0 aliphatic carbocycles. The van der Waals surface area contributed by atoms with Gasteiger partial charge in [-0.1, -0.05) is 30.7 Å². The van der Waals surface area contributed by atoms with Crippen LogP contribution in [-0.4, -0.2) is 49.4 Å². The lowest BCUT2D eigenvalue weighted by atomic mass is 9.93. The molecule has 0 N–H and O–H groups in total. The summed E-state index contributed by atoms with van der Waals surface area (Å²) in [5.41, 5.74) is 1.29. The number of carbonyl (C=O) groups excluding carboxylic acids is 1. The first-order valence-corrected chi connectivity index (χ1v) is 8.04. The van der Waals surface area contributed by atoms with E-state index in [0.29, 0.717) is 5.92 Å². The van der Waals surface area contributed by atoms with Crippen LogP contribution in [0.2, 0.25) is 5.02 Å². The Hall–Kier alpha value is -1.06. The monoisotopic (exact) mass is 308 g/mol. The molecule has 1 aromatic carbocycles. The zero-order chi connectivity index (χ0) is 15.4. The minimum atomic E-state index is 0.206. The van der Waals surface area contributed by atoms with E-state index in [4.69, 9.17) is 11.6 Å². The molecule has 1 saturated heterocycles. The van der Waals surface area contributed by atoms with Crippen molar-refractivity contribution >= 4 is 17.5 Å². The Morgan fingerprint density at radius 2 is 2.05 bits per heavy atom. The fourth-order valence-electron chi connectivity index (χ4n) is 3.03. The Kier molecular flexibility index (Phi) is 5.65. The van der Waals surface area contributed by atoms with E-state index in [-0.39, 0.29) is 11.8 Å². The molecule has 0 saturated carbocycles. The second kappa shape index (κ2) is 7.28. The highest BCUT2D eigenvalue weighted by molar-refractivity contribution is 6.30. The SMILES string of the molecule is CC(CN1CCC(C(=O)N(C)C)CC1)c1cccc(Cl)c1. The third-order valence-corrected chi connectivity index (χ3v) is 4.56. The summed E-state index contributed by atoms with van der Waals surface area (Å²) in [6.07, 6.45) is 1.94. The van der Waals surface area contributed by atoms with Gasteiger partial charge in [0.25, 0.3) is 0 Å². The largest absolute Gasteiger partial charge is 0.349 e. The van der Waals surface area contributed by atoms with Gasteiger partial charge in [-0.3, -0.25) is 4.79 Å². The van der Waals surface area contributed by atoms with Crippen molar-refractivity contribution in [1.29, 1.82) is 0 Å². The van der Waals surface area contributed by atoms with Crippen LogP contribution >= 0.6 is 11.6 Å². The molecule has 2 rings (SSSR count). The number of hydrogen-bond donors (Lipinski definition) is 0. The normalized spacial score (nSPS) is 18.5. The molecular formula is C17H25ClN2O. The third-order valence-electron chi connectivity index (χ3n) is 4.33. The van der Waals surface area contributed by atoms with Gasteiger partial charge < -0.3 is 9.80 Å². The summed E-state index contributed by atoms with van der Waals surface area (Å²) in [5, 5.41) is 0.801. The average molecular weight is 309 g/mol. The van der Waals surface area contributed by atoms with Crippen molar-refractivity contribution < 1.29 is 4.79 Å². The Bertz CT molecular complexity index is 481. The maximum Gasteiger partial charge on any atom is 0.225 e. The molecule has 1 aliphatic heterocycles. The molecule has 4 heteroatoms. The smallest absolute Gasteiger partial charge is 0.225 e. The zero-order valence-corrected chi connectivity index (χ0v) is 13.9. The molecule has 1 amide bonds. The number of nitrogens with zero attached hydrogens (tertiary/aromatic N) is 2. The predicted molar refractivity (Wildman–Crippen MR) is 87.7 cm³/mol. The number of likely N-dealkylation sites (tertiary alicyclic amines) is 1. The summed E-state index contributed by atoms with van der Waals surface area (Å²) in [4.78, 5) is 16.2. The highest BCUT2D eigenvalue weighted by atomic mass is 35.5. The van der Waals surface area contributed by atoms with E-state index in [2.05, 4.69) is 24.0 Å². The second-order valence-electron chi connectivity index (χ2n) is 6.26. The number of rotatable bonds is 4. The molecule has 1 aromatic rings. The Morgan fingerprint density at radius 3 is 2.62 bits per heavy atom. The van der Waals surface area contributed by atoms with Crippen molar-refractivity contribution in [3.05, 3.63) is 34.9 Å². The summed E-state index contributed by atoms with van der Waals surface area (Å²) < 4.78 is 0. The minimum Gasteiger partial charge on any atom is -0.349 e. The molecular weight excluding hydrogens is 284 g/mol. The summed E-state index contributed by atoms with van der Waals surface area (Å²) in [6.45, 7) is 5.29. The number of benzene rings is 1. The first-order chi connectivity index (χ1) is 9.97. The van der Waals surface area contributed by atoms with Crippen LogP contribution in [0.15, 0.2) is 24.3 Å². The first kappa shape index (κ1) is 16.3. The van der Waals surface area contributed by atoms with Gasteiger partial charge in [-0.05, 0) is 49.5 Å². The molecule has 1 aliphatic rings. The van der Waals surface area contributed by atoms with Crippen LogP contribution in [0.1, 0.15) is 31.2 Å². The van der Waals surface area contributed by atoms with Crippen LogP contribution < -0.4 is 0 Å².